The summed E-state index contributed by atoms with van der Waals surface area (Å²) in [5.74, 6) is -1.12. The van der Waals surface area contributed by atoms with E-state index in [0.717, 1.165) is 6.07 Å². The van der Waals surface area contributed by atoms with Crippen molar-refractivity contribution in [1.29, 1.82) is 0 Å². The zero-order valence-corrected chi connectivity index (χ0v) is 11.5. The zero-order valence-electron chi connectivity index (χ0n) is 11.5. The third kappa shape index (κ3) is 3.65. The molecule has 0 bridgehead atoms. The van der Waals surface area contributed by atoms with Gasteiger partial charge in [0.25, 0.3) is 0 Å². The number of halogens is 3. The van der Waals surface area contributed by atoms with Crippen molar-refractivity contribution >= 4 is 5.97 Å². The summed E-state index contributed by atoms with van der Waals surface area (Å²) in [6, 6.07) is 10.5. The lowest BCUT2D eigenvalue weighted by atomic mass is 9.97. The highest BCUT2D eigenvalue weighted by Crippen LogP contribution is 2.36. The topological polar surface area (TPSA) is 63.3 Å². The van der Waals surface area contributed by atoms with Gasteiger partial charge in [-0.15, -0.1) is 0 Å². The molecule has 3 N–H and O–H groups in total. The van der Waals surface area contributed by atoms with E-state index in [0.29, 0.717) is 11.1 Å². The Labute approximate surface area is 125 Å². The molecule has 0 radical (unpaired) electrons. The molecule has 1 unspecified atom stereocenters. The molecule has 0 saturated heterocycles. The van der Waals surface area contributed by atoms with Crippen LogP contribution in [0.3, 0.4) is 0 Å². The summed E-state index contributed by atoms with van der Waals surface area (Å²) in [5.41, 5.74) is 5.89. The number of hydrogen-bond donors (Lipinski definition) is 2. The number of rotatable bonds is 4. The molecule has 22 heavy (non-hydrogen) atoms. The highest BCUT2D eigenvalue weighted by molar-refractivity contribution is 5.73. The molecule has 0 fully saturated rings. The van der Waals surface area contributed by atoms with Crippen molar-refractivity contribution in [3.8, 4) is 11.1 Å². The van der Waals surface area contributed by atoms with Crippen LogP contribution in [0.2, 0.25) is 0 Å². The van der Waals surface area contributed by atoms with Gasteiger partial charge in [-0.05, 0) is 29.2 Å². The second kappa shape index (κ2) is 6.19. The molecule has 0 aliphatic heterocycles. The van der Waals surface area contributed by atoms with E-state index in [1.54, 1.807) is 18.2 Å². The standard InChI is InChI=1S/C16H14F3NO2/c17-16(18,19)13-4-2-1-3-12(13)11-7-5-10(6-8-11)9-14(20)15(21)22/h1-8,14H,9,20H2,(H,21,22). The van der Waals surface area contributed by atoms with Gasteiger partial charge >= 0.3 is 12.1 Å². The first-order chi connectivity index (χ1) is 10.3. The van der Waals surface area contributed by atoms with Gasteiger partial charge in [-0.3, -0.25) is 4.79 Å². The minimum atomic E-state index is -4.43. The lowest BCUT2D eigenvalue weighted by molar-refractivity contribution is -0.138. The molecule has 2 rings (SSSR count). The molecule has 0 spiro atoms. The molecule has 0 heterocycles. The van der Waals surface area contributed by atoms with Crippen molar-refractivity contribution < 1.29 is 23.1 Å². The fourth-order valence-corrected chi connectivity index (χ4v) is 2.14. The summed E-state index contributed by atoms with van der Waals surface area (Å²) in [6.45, 7) is 0. The Bertz CT molecular complexity index is 666. The van der Waals surface area contributed by atoms with E-state index in [1.165, 1.54) is 24.3 Å². The Balaban J connectivity index is 2.30. The van der Waals surface area contributed by atoms with Gasteiger partial charge in [0.15, 0.2) is 0 Å². The molecule has 2 aromatic carbocycles. The van der Waals surface area contributed by atoms with Gasteiger partial charge in [-0.25, -0.2) is 0 Å². The zero-order chi connectivity index (χ0) is 16.3. The number of carboxylic acids is 1. The van der Waals surface area contributed by atoms with Crippen LogP contribution in [0.15, 0.2) is 48.5 Å². The maximum absolute atomic E-state index is 13.0. The first kappa shape index (κ1) is 16.0. The van der Waals surface area contributed by atoms with Crippen LogP contribution in [0, 0.1) is 0 Å². The van der Waals surface area contributed by atoms with Gasteiger partial charge in [-0.1, -0.05) is 42.5 Å². The normalized spacial score (nSPS) is 12.9. The van der Waals surface area contributed by atoms with Gasteiger partial charge in [0.2, 0.25) is 0 Å². The molecule has 2 aromatic rings. The average Bonchev–Trinajstić information content (AvgIpc) is 2.47. The van der Waals surface area contributed by atoms with Crippen LogP contribution >= 0.6 is 0 Å². The Kier molecular flexibility index (Phi) is 4.51. The summed E-state index contributed by atoms with van der Waals surface area (Å²) >= 11 is 0. The van der Waals surface area contributed by atoms with Gasteiger partial charge in [-0.2, -0.15) is 13.2 Å². The molecule has 0 aliphatic carbocycles. The van der Waals surface area contributed by atoms with Crippen molar-refractivity contribution in [2.45, 2.75) is 18.6 Å². The van der Waals surface area contributed by atoms with Crippen LogP contribution in [0.5, 0.6) is 0 Å². The molecule has 116 valence electrons. The van der Waals surface area contributed by atoms with E-state index in [4.69, 9.17) is 10.8 Å². The monoisotopic (exact) mass is 309 g/mol. The molecular formula is C16H14F3NO2. The molecule has 0 saturated carbocycles. The van der Waals surface area contributed by atoms with Crippen molar-refractivity contribution in [2.24, 2.45) is 5.73 Å². The van der Waals surface area contributed by atoms with Crippen molar-refractivity contribution in [3.05, 3.63) is 59.7 Å². The molecule has 0 aliphatic rings. The number of carbonyl (C=O) groups is 1. The van der Waals surface area contributed by atoms with Gasteiger partial charge in [0, 0.05) is 0 Å². The van der Waals surface area contributed by atoms with Crippen molar-refractivity contribution in [3.63, 3.8) is 0 Å². The number of aliphatic carboxylic acids is 1. The maximum atomic E-state index is 13.0. The van der Waals surface area contributed by atoms with Crippen LogP contribution < -0.4 is 5.73 Å². The van der Waals surface area contributed by atoms with Gasteiger partial charge < -0.3 is 10.8 Å². The van der Waals surface area contributed by atoms with E-state index < -0.39 is 23.8 Å². The van der Waals surface area contributed by atoms with E-state index >= 15 is 0 Å². The highest BCUT2D eigenvalue weighted by atomic mass is 19.4. The van der Waals surface area contributed by atoms with Gasteiger partial charge in [0.1, 0.15) is 6.04 Å². The fraction of sp³-hybridized carbons (Fsp3) is 0.188. The van der Waals surface area contributed by atoms with E-state index in [2.05, 4.69) is 0 Å². The Morgan fingerprint density at radius 2 is 1.68 bits per heavy atom. The molecule has 0 aromatic heterocycles. The summed E-state index contributed by atoms with van der Waals surface area (Å²) in [4.78, 5) is 10.7. The molecule has 0 amide bonds. The number of benzene rings is 2. The minimum absolute atomic E-state index is 0.0871. The summed E-state index contributed by atoms with van der Waals surface area (Å²) in [5, 5.41) is 8.75. The second-order valence-electron chi connectivity index (χ2n) is 4.89. The third-order valence-corrected chi connectivity index (χ3v) is 3.27. The quantitative estimate of drug-likeness (QED) is 0.910. The lowest BCUT2D eigenvalue weighted by Gasteiger charge is -2.13. The van der Waals surface area contributed by atoms with Crippen molar-refractivity contribution in [2.75, 3.05) is 0 Å². The Morgan fingerprint density at radius 3 is 2.23 bits per heavy atom. The number of hydrogen-bond acceptors (Lipinski definition) is 2. The first-order valence-corrected chi connectivity index (χ1v) is 6.53. The highest BCUT2D eigenvalue weighted by Gasteiger charge is 2.33. The SMILES string of the molecule is NC(Cc1ccc(-c2ccccc2C(F)(F)F)cc1)C(=O)O. The van der Waals surface area contributed by atoms with Crippen LogP contribution in [0.25, 0.3) is 11.1 Å². The molecule has 3 nitrogen and oxygen atoms in total. The molecular weight excluding hydrogens is 295 g/mol. The van der Waals surface area contributed by atoms with Crippen LogP contribution in [0.1, 0.15) is 11.1 Å². The largest absolute Gasteiger partial charge is 0.480 e. The number of carboxylic acid groups (broad SMARTS) is 1. The maximum Gasteiger partial charge on any atom is 0.417 e. The lowest BCUT2D eigenvalue weighted by Crippen LogP contribution is -2.32. The molecule has 1 atom stereocenters. The minimum Gasteiger partial charge on any atom is -0.480 e. The van der Waals surface area contributed by atoms with Crippen LogP contribution in [-0.2, 0) is 17.4 Å². The summed E-state index contributed by atoms with van der Waals surface area (Å²) in [7, 11) is 0. The summed E-state index contributed by atoms with van der Waals surface area (Å²) < 4.78 is 39.0. The smallest absolute Gasteiger partial charge is 0.417 e. The number of alkyl halides is 3. The molecule has 6 heteroatoms. The van der Waals surface area contributed by atoms with E-state index in [9.17, 15) is 18.0 Å². The summed E-state index contributed by atoms with van der Waals surface area (Å²) in [6.07, 6.45) is -4.31. The Morgan fingerprint density at radius 1 is 1.09 bits per heavy atom. The predicted octanol–water partition coefficient (Wildman–Crippen LogP) is 3.33. The van der Waals surface area contributed by atoms with E-state index in [-0.39, 0.29) is 12.0 Å². The Hall–Kier alpha value is -2.34. The van der Waals surface area contributed by atoms with Gasteiger partial charge in [0.05, 0.1) is 5.56 Å². The average molecular weight is 309 g/mol. The van der Waals surface area contributed by atoms with Crippen LogP contribution in [-0.4, -0.2) is 17.1 Å². The second-order valence-corrected chi connectivity index (χ2v) is 4.89. The predicted molar refractivity (Wildman–Crippen MR) is 76.2 cm³/mol. The third-order valence-electron chi connectivity index (χ3n) is 3.27. The first-order valence-electron chi connectivity index (χ1n) is 6.53. The van der Waals surface area contributed by atoms with E-state index in [1.807, 2.05) is 0 Å². The number of nitrogens with two attached hydrogens (primary N) is 1. The van der Waals surface area contributed by atoms with Crippen molar-refractivity contribution in [1.82, 2.24) is 0 Å². The van der Waals surface area contributed by atoms with Crippen LogP contribution in [0.4, 0.5) is 13.2 Å². The fourth-order valence-electron chi connectivity index (χ4n) is 2.14.